The third kappa shape index (κ3) is 4.55. The molecule has 3 aromatic carbocycles. The Bertz CT molecular complexity index is 1070. The summed E-state index contributed by atoms with van der Waals surface area (Å²) < 4.78 is 15.5. The van der Waals surface area contributed by atoms with Crippen molar-refractivity contribution in [1.82, 2.24) is 0 Å². The first kappa shape index (κ1) is 20.8. The Morgan fingerprint density at radius 1 is 0.733 bits per heavy atom. The fraction of sp³-hybridized carbons (Fsp3) is 0.125. The molecule has 0 radical (unpaired) electrons. The number of ether oxygens (including phenoxy) is 3. The standard InChI is InChI=1S/C24H20O6/c1-28-17-12-13-20(22(14-17)29-2)21(25)15-30-24(27)19-11-7-6-10-18(19)23(26)16-8-4-3-5-9-16/h3-14H,15H2,1-2H3. The zero-order valence-corrected chi connectivity index (χ0v) is 16.6. The van der Waals surface area contributed by atoms with E-state index in [1.165, 1.54) is 20.3 Å². The van der Waals surface area contributed by atoms with Gasteiger partial charge in [0.25, 0.3) is 0 Å². The molecule has 0 aliphatic heterocycles. The molecule has 0 saturated heterocycles. The average Bonchev–Trinajstić information content (AvgIpc) is 2.81. The quantitative estimate of drug-likeness (QED) is 0.417. The molecule has 6 heteroatoms. The van der Waals surface area contributed by atoms with Gasteiger partial charge in [-0.25, -0.2) is 4.79 Å². The van der Waals surface area contributed by atoms with Crippen molar-refractivity contribution in [2.24, 2.45) is 0 Å². The van der Waals surface area contributed by atoms with Gasteiger partial charge >= 0.3 is 5.97 Å². The molecule has 3 aromatic rings. The van der Waals surface area contributed by atoms with E-state index in [4.69, 9.17) is 14.2 Å². The topological polar surface area (TPSA) is 78.9 Å². The summed E-state index contributed by atoms with van der Waals surface area (Å²) in [6.45, 7) is -0.491. The van der Waals surface area contributed by atoms with E-state index in [0.717, 1.165) is 0 Å². The van der Waals surface area contributed by atoms with E-state index in [0.29, 0.717) is 17.1 Å². The zero-order chi connectivity index (χ0) is 21.5. The third-order valence-electron chi connectivity index (χ3n) is 4.47. The van der Waals surface area contributed by atoms with Crippen LogP contribution in [0.1, 0.15) is 36.6 Å². The zero-order valence-electron chi connectivity index (χ0n) is 16.6. The van der Waals surface area contributed by atoms with Crippen LogP contribution >= 0.6 is 0 Å². The molecular weight excluding hydrogens is 384 g/mol. The highest BCUT2D eigenvalue weighted by molar-refractivity contribution is 6.14. The molecule has 0 fully saturated rings. The van der Waals surface area contributed by atoms with Crippen molar-refractivity contribution in [3.63, 3.8) is 0 Å². The maximum Gasteiger partial charge on any atom is 0.339 e. The van der Waals surface area contributed by atoms with E-state index >= 15 is 0 Å². The molecule has 3 rings (SSSR count). The fourth-order valence-corrected chi connectivity index (χ4v) is 2.92. The largest absolute Gasteiger partial charge is 0.497 e. The van der Waals surface area contributed by atoms with Crippen LogP contribution in [-0.4, -0.2) is 38.4 Å². The van der Waals surface area contributed by atoms with Gasteiger partial charge in [-0.05, 0) is 18.2 Å². The van der Waals surface area contributed by atoms with Gasteiger partial charge in [-0.15, -0.1) is 0 Å². The minimum atomic E-state index is -0.754. The molecule has 0 aromatic heterocycles. The predicted molar refractivity (Wildman–Crippen MR) is 110 cm³/mol. The van der Waals surface area contributed by atoms with Gasteiger partial charge in [0.2, 0.25) is 5.78 Å². The molecule has 0 bridgehead atoms. The van der Waals surface area contributed by atoms with E-state index in [1.807, 2.05) is 0 Å². The van der Waals surface area contributed by atoms with Crippen molar-refractivity contribution >= 4 is 17.5 Å². The molecule has 0 N–H and O–H groups in total. The van der Waals surface area contributed by atoms with Crippen molar-refractivity contribution < 1.29 is 28.6 Å². The Kier molecular flexibility index (Phi) is 6.60. The number of esters is 1. The van der Waals surface area contributed by atoms with Crippen molar-refractivity contribution in [2.75, 3.05) is 20.8 Å². The van der Waals surface area contributed by atoms with Crippen LogP contribution in [0.25, 0.3) is 0 Å². The molecule has 30 heavy (non-hydrogen) atoms. The minimum absolute atomic E-state index is 0.0980. The number of carbonyl (C=O) groups is 3. The van der Waals surface area contributed by atoms with E-state index in [2.05, 4.69) is 0 Å². The summed E-state index contributed by atoms with van der Waals surface area (Å²) in [5.74, 6) is -0.638. The Labute approximate surface area is 174 Å². The second kappa shape index (κ2) is 9.52. The summed E-state index contributed by atoms with van der Waals surface area (Å²) in [5.41, 5.74) is 1.03. The molecule has 0 unspecified atom stereocenters. The number of carbonyl (C=O) groups excluding carboxylic acids is 3. The summed E-state index contributed by atoms with van der Waals surface area (Å²) >= 11 is 0. The number of Topliss-reactive ketones (excluding diaryl/α,β-unsaturated/α-hetero) is 1. The van der Waals surface area contributed by atoms with Crippen LogP contribution in [-0.2, 0) is 4.74 Å². The molecule has 0 heterocycles. The molecule has 152 valence electrons. The van der Waals surface area contributed by atoms with Gasteiger partial charge < -0.3 is 14.2 Å². The van der Waals surface area contributed by atoms with Crippen molar-refractivity contribution in [3.05, 3.63) is 95.1 Å². The first-order valence-corrected chi connectivity index (χ1v) is 9.16. The molecular formula is C24H20O6. The Balaban J connectivity index is 1.76. The Morgan fingerprint density at radius 3 is 2.07 bits per heavy atom. The summed E-state index contributed by atoms with van der Waals surface area (Å²) in [6.07, 6.45) is 0. The van der Waals surface area contributed by atoms with Crippen molar-refractivity contribution in [3.8, 4) is 11.5 Å². The minimum Gasteiger partial charge on any atom is -0.497 e. The number of rotatable bonds is 8. The lowest BCUT2D eigenvalue weighted by Gasteiger charge is -2.11. The van der Waals surface area contributed by atoms with Crippen LogP contribution in [0.15, 0.2) is 72.8 Å². The summed E-state index contributed by atoms with van der Waals surface area (Å²) in [5, 5.41) is 0. The summed E-state index contributed by atoms with van der Waals surface area (Å²) in [7, 11) is 2.94. The number of hydrogen-bond acceptors (Lipinski definition) is 6. The van der Waals surface area contributed by atoms with Crippen LogP contribution in [0.3, 0.4) is 0 Å². The molecule has 0 aliphatic carbocycles. The Hall–Kier alpha value is -3.93. The number of benzene rings is 3. The lowest BCUT2D eigenvalue weighted by atomic mass is 9.98. The molecule has 0 aliphatic rings. The number of ketones is 2. The average molecular weight is 404 g/mol. The number of methoxy groups -OCH3 is 2. The first-order valence-electron chi connectivity index (χ1n) is 9.16. The van der Waals surface area contributed by atoms with Gasteiger partial charge in [0.1, 0.15) is 11.5 Å². The monoisotopic (exact) mass is 404 g/mol. The van der Waals surface area contributed by atoms with Gasteiger partial charge in [0.15, 0.2) is 12.4 Å². The first-order chi connectivity index (χ1) is 14.5. The lowest BCUT2D eigenvalue weighted by Crippen LogP contribution is -2.17. The van der Waals surface area contributed by atoms with Crippen LogP contribution in [0.5, 0.6) is 11.5 Å². The van der Waals surface area contributed by atoms with E-state index in [9.17, 15) is 14.4 Å². The SMILES string of the molecule is COc1ccc(C(=O)COC(=O)c2ccccc2C(=O)c2ccccc2)c(OC)c1. The van der Waals surface area contributed by atoms with E-state index < -0.39 is 18.4 Å². The highest BCUT2D eigenvalue weighted by Gasteiger charge is 2.21. The van der Waals surface area contributed by atoms with E-state index in [1.54, 1.807) is 66.7 Å². The third-order valence-corrected chi connectivity index (χ3v) is 4.47. The molecule has 0 spiro atoms. The highest BCUT2D eigenvalue weighted by Crippen LogP contribution is 2.25. The molecule has 0 atom stereocenters. The van der Waals surface area contributed by atoms with Crippen LogP contribution < -0.4 is 9.47 Å². The summed E-state index contributed by atoms with van der Waals surface area (Å²) in [6, 6.07) is 19.7. The molecule has 6 nitrogen and oxygen atoms in total. The van der Waals surface area contributed by atoms with Gasteiger partial charge in [-0.3, -0.25) is 9.59 Å². The smallest absolute Gasteiger partial charge is 0.339 e. The maximum atomic E-state index is 12.8. The maximum absolute atomic E-state index is 12.8. The van der Waals surface area contributed by atoms with Crippen LogP contribution in [0.2, 0.25) is 0 Å². The van der Waals surface area contributed by atoms with Gasteiger partial charge in [-0.2, -0.15) is 0 Å². The number of hydrogen-bond donors (Lipinski definition) is 0. The summed E-state index contributed by atoms with van der Waals surface area (Å²) in [4.78, 5) is 37.9. The predicted octanol–water partition coefficient (Wildman–Crippen LogP) is 3.97. The van der Waals surface area contributed by atoms with Gasteiger partial charge in [-0.1, -0.05) is 48.5 Å². The molecule has 0 saturated carbocycles. The van der Waals surface area contributed by atoms with Crippen LogP contribution in [0.4, 0.5) is 0 Å². The molecule has 0 amide bonds. The lowest BCUT2D eigenvalue weighted by molar-refractivity contribution is 0.0472. The van der Waals surface area contributed by atoms with Crippen molar-refractivity contribution in [1.29, 1.82) is 0 Å². The van der Waals surface area contributed by atoms with Gasteiger partial charge in [0.05, 0.1) is 25.3 Å². The van der Waals surface area contributed by atoms with E-state index in [-0.39, 0.29) is 22.5 Å². The highest BCUT2D eigenvalue weighted by atomic mass is 16.5. The van der Waals surface area contributed by atoms with Crippen LogP contribution in [0, 0.1) is 0 Å². The second-order valence-electron chi connectivity index (χ2n) is 6.31. The fourth-order valence-electron chi connectivity index (χ4n) is 2.92. The second-order valence-corrected chi connectivity index (χ2v) is 6.31. The van der Waals surface area contributed by atoms with Crippen molar-refractivity contribution in [2.45, 2.75) is 0 Å². The van der Waals surface area contributed by atoms with Gasteiger partial charge in [0, 0.05) is 17.2 Å². The Morgan fingerprint density at radius 2 is 1.40 bits per heavy atom. The normalized spacial score (nSPS) is 10.2.